The first-order chi connectivity index (χ1) is 7.79. The van der Waals surface area contributed by atoms with E-state index in [4.69, 9.17) is 11.6 Å². The van der Waals surface area contributed by atoms with E-state index < -0.39 is 17.5 Å². The lowest BCUT2D eigenvalue weighted by Crippen LogP contribution is -2.21. The van der Waals surface area contributed by atoms with Crippen molar-refractivity contribution in [1.82, 2.24) is 0 Å². The summed E-state index contributed by atoms with van der Waals surface area (Å²) >= 11 is 5.76. The molecule has 0 aliphatic carbocycles. The standard InChI is InChI=1S/C13H17ClO3/c1-13(2,17)8-7-11(12(15)16)9-3-5-10(14)6-4-9/h3-6,11,17H,7-8H2,1-2H3,(H,15,16). The minimum Gasteiger partial charge on any atom is -0.481 e. The molecule has 1 aromatic rings. The molecule has 2 N–H and O–H groups in total. The highest BCUT2D eigenvalue weighted by atomic mass is 35.5. The zero-order valence-electron chi connectivity index (χ0n) is 9.98. The van der Waals surface area contributed by atoms with Crippen LogP contribution in [0.25, 0.3) is 0 Å². The smallest absolute Gasteiger partial charge is 0.310 e. The van der Waals surface area contributed by atoms with E-state index in [2.05, 4.69) is 0 Å². The molecule has 3 nitrogen and oxygen atoms in total. The molecule has 1 atom stereocenters. The number of rotatable bonds is 5. The first-order valence-corrected chi connectivity index (χ1v) is 5.88. The number of carbonyl (C=O) groups is 1. The van der Waals surface area contributed by atoms with Gasteiger partial charge in [-0.1, -0.05) is 23.7 Å². The Morgan fingerprint density at radius 2 is 1.88 bits per heavy atom. The second kappa shape index (κ2) is 5.52. The second-order valence-corrected chi connectivity index (χ2v) is 5.23. The van der Waals surface area contributed by atoms with Crippen LogP contribution >= 0.6 is 11.6 Å². The molecule has 1 unspecified atom stereocenters. The van der Waals surface area contributed by atoms with E-state index in [1.165, 1.54) is 0 Å². The third-order valence-electron chi connectivity index (χ3n) is 2.62. The number of halogens is 1. The quantitative estimate of drug-likeness (QED) is 0.851. The molecular formula is C13H17ClO3. The fraction of sp³-hybridized carbons (Fsp3) is 0.462. The fourth-order valence-corrected chi connectivity index (χ4v) is 1.75. The average Bonchev–Trinajstić information content (AvgIpc) is 2.18. The molecule has 94 valence electrons. The predicted molar refractivity (Wildman–Crippen MR) is 67.4 cm³/mol. The first-order valence-electron chi connectivity index (χ1n) is 5.50. The lowest BCUT2D eigenvalue weighted by Gasteiger charge is -2.20. The molecule has 0 saturated carbocycles. The van der Waals surface area contributed by atoms with Crippen molar-refractivity contribution in [3.8, 4) is 0 Å². The van der Waals surface area contributed by atoms with Crippen molar-refractivity contribution in [2.24, 2.45) is 0 Å². The van der Waals surface area contributed by atoms with Crippen LogP contribution < -0.4 is 0 Å². The maximum atomic E-state index is 11.2. The number of hydrogen-bond donors (Lipinski definition) is 2. The highest BCUT2D eigenvalue weighted by Crippen LogP contribution is 2.26. The number of aliphatic hydroxyl groups is 1. The summed E-state index contributed by atoms with van der Waals surface area (Å²) in [4.78, 5) is 11.2. The van der Waals surface area contributed by atoms with Crippen LogP contribution in [0.3, 0.4) is 0 Å². The Labute approximate surface area is 106 Å². The van der Waals surface area contributed by atoms with Crippen molar-refractivity contribution in [2.75, 3.05) is 0 Å². The van der Waals surface area contributed by atoms with Crippen LogP contribution in [0, 0.1) is 0 Å². The van der Waals surface area contributed by atoms with Gasteiger partial charge in [0.05, 0.1) is 11.5 Å². The van der Waals surface area contributed by atoms with Gasteiger partial charge in [0, 0.05) is 5.02 Å². The zero-order valence-corrected chi connectivity index (χ0v) is 10.7. The third-order valence-corrected chi connectivity index (χ3v) is 2.87. The molecule has 0 radical (unpaired) electrons. The van der Waals surface area contributed by atoms with Gasteiger partial charge in [0.1, 0.15) is 0 Å². The van der Waals surface area contributed by atoms with Crippen LogP contribution in [0.1, 0.15) is 38.2 Å². The molecule has 0 aliphatic rings. The molecule has 0 aromatic heterocycles. The van der Waals surface area contributed by atoms with Crippen molar-refractivity contribution < 1.29 is 15.0 Å². The highest BCUT2D eigenvalue weighted by Gasteiger charge is 2.23. The SMILES string of the molecule is CC(C)(O)CCC(C(=O)O)c1ccc(Cl)cc1. The number of carboxylic acids is 1. The predicted octanol–water partition coefficient (Wildman–Crippen LogP) is 3.06. The van der Waals surface area contributed by atoms with Gasteiger partial charge in [-0.2, -0.15) is 0 Å². The van der Waals surface area contributed by atoms with Gasteiger partial charge in [-0.05, 0) is 44.4 Å². The number of aliphatic carboxylic acids is 1. The van der Waals surface area contributed by atoms with Gasteiger partial charge in [-0.15, -0.1) is 0 Å². The van der Waals surface area contributed by atoms with Gasteiger partial charge in [-0.25, -0.2) is 0 Å². The molecule has 4 heteroatoms. The van der Waals surface area contributed by atoms with Crippen LogP contribution in [-0.2, 0) is 4.79 Å². The normalized spacial score (nSPS) is 13.4. The summed E-state index contributed by atoms with van der Waals surface area (Å²) < 4.78 is 0. The summed E-state index contributed by atoms with van der Waals surface area (Å²) in [7, 11) is 0. The van der Waals surface area contributed by atoms with Crippen molar-refractivity contribution in [3.05, 3.63) is 34.9 Å². The molecule has 0 heterocycles. The lowest BCUT2D eigenvalue weighted by molar-refractivity contribution is -0.139. The average molecular weight is 257 g/mol. The van der Waals surface area contributed by atoms with Gasteiger partial charge in [-0.3, -0.25) is 4.79 Å². The molecule has 0 fully saturated rings. The van der Waals surface area contributed by atoms with Gasteiger partial charge in [0.2, 0.25) is 0 Å². The summed E-state index contributed by atoms with van der Waals surface area (Å²) in [6.45, 7) is 3.35. The van der Waals surface area contributed by atoms with Crippen molar-refractivity contribution in [1.29, 1.82) is 0 Å². The number of benzene rings is 1. The molecule has 0 aliphatic heterocycles. The number of carboxylic acid groups (broad SMARTS) is 1. The highest BCUT2D eigenvalue weighted by molar-refractivity contribution is 6.30. The summed E-state index contributed by atoms with van der Waals surface area (Å²) in [5.41, 5.74) is -0.133. The maximum Gasteiger partial charge on any atom is 0.310 e. The van der Waals surface area contributed by atoms with Crippen LogP contribution in [0.15, 0.2) is 24.3 Å². The van der Waals surface area contributed by atoms with Gasteiger partial charge < -0.3 is 10.2 Å². The Morgan fingerprint density at radius 3 is 2.29 bits per heavy atom. The van der Waals surface area contributed by atoms with E-state index in [-0.39, 0.29) is 0 Å². The molecule has 1 rings (SSSR count). The number of hydrogen-bond acceptors (Lipinski definition) is 2. The van der Waals surface area contributed by atoms with Gasteiger partial charge >= 0.3 is 5.97 Å². The Hall–Kier alpha value is -1.06. The largest absolute Gasteiger partial charge is 0.481 e. The van der Waals surface area contributed by atoms with E-state index in [0.29, 0.717) is 23.4 Å². The molecular weight excluding hydrogens is 240 g/mol. The second-order valence-electron chi connectivity index (χ2n) is 4.79. The van der Waals surface area contributed by atoms with Gasteiger partial charge in [0.15, 0.2) is 0 Å². The Balaban J connectivity index is 2.79. The monoisotopic (exact) mass is 256 g/mol. The van der Waals surface area contributed by atoms with Crippen LogP contribution in [-0.4, -0.2) is 21.8 Å². The van der Waals surface area contributed by atoms with Crippen LogP contribution in [0.5, 0.6) is 0 Å². The molecule has 0 amide bonds. The Kier molecular flexibility index (Phi) is 4.54. The lowest BCUT2D eigenvalue weighted by atomic mass is 9.90. The van der Waals surface area contributed by atoms with E-state index >= 15 is 0 Å². The van der Waals surface area contributed by atoms with Crippen LogP contribution in [0.4, 0.5) is 0 Å². The van der Waals surface area contributed by atoms with E-state index in [1.54, 1.807) is 38.1 Å². The van der Waals surface area contributed by atoms with E-state index in [9.17, 15) is 15.0 Å². The Bertz CT molecular complexity index is 379. The summed E-state index contributed by atoms with van der Waals surface area (Å²) in [5.74, 6) is -1.48. The van der Waals surface area contributed by atoms with Crippen molar-refractivity contribution in [2.45, 2.75) is 38.2 Å². The molecule has 0 bridgehead atoms. The molecule has 0 spiro atoms. The summed E-state index contributed by atoms with van der Waals surface area (Å²) in [6, 6.07) is 6.78. The molecule has 1 aromatic carbocycles. The fourth-order valence-electron chi connectivity index (χ4n) is 1.63. The first kappa shape index (κ1) is 14.0. The topological polar surface area (TPSA) is 57.5 Å². The van der Waals surface area contributed by atoms with E-state index in [1.807, 2.05) is 0 Å². The Morgan fingerprint density at radius 1 is 1.35 bits per heavy atom. The minimum absolute atomic E-state index is 0.403. The molecule has 17 heavy (non-hydrogen) atoms. The molecule has 0 saturated heterocycles. The van der Waals surface area contributed by atoms with Crippen LogP contribution in [0.2, 0.25) is 5.02 Å². The third kappa shape index (κ3) is 4.75. The summed E-state index contributed by atoms with van der Waals surface area (Å²) in [6.07, 6.45) is 0.840. The minimum atomic E-state index is -0.878. The van der Waals surface area contributed by atoms with Crippen molar-refractivity contribution >= 4 is 17.6 Å². The van der Waals surface area contributed by atoms with Gasteiger partial charge in [0.25, 0.3) is 0 Å². The zero-order chi connectivity index (χ0) is 13.1. The maximum absolute atomic E-state index is 11.2. The summed E-state index contributed by atoms with van der Waals surface area (Å²) in [5, 5.41) is 19.4. The van der Waals surface area contributed by atoms with E-state index in [0.717, 1.165) is 0 Å². The van der Waals surface area contributed by atoms with Crippen molar-refractivity contribution in [3.63, 3.8) is 0 Å².